The molecule has 2 aromatic rings. The molecule has 0 aromatic heterocycles. The molecule has 142 valence electrons. The van der Waals surface area contributed by atoms with Gasteiger partial charge in [0.05, 0.1) is 10.9 Å². The topological polar surface area (TPSA) is 83.6 Å². The second kappa shape index (κ2) is 7.52. The second-order valence-electron chi connectivity index (χ2n) is 6.74. The molecule has 1 unspecified atom stereocenters. The molecule has 1 aliphatic heterocycles. The Balaban J connectivity index is 1.72. The van der Waals surface area contributed by atoms with Crippen LogP contribution >= 0.6 is 0 Å². The number of nitrogens with zero attached hydrogens (tertiary/aromatic N) is 1. The largest absolute Gasteiger partial charge is 0.346 e. The lowest BCUT2D eigenvalue weighted by Gasteiger charge is -2.18. The zero-order chi connectivity index (χ0) is 19.6. The molecule has 1 N–H and O–H groups in total. The fraction of sp³-hybridized carbons (Fsp3) is 0.300. The molecule has 0 saturated carbocycles. The molecule has 6 nitrogen and oxygen atoms in total. The van der Waals surface area contributed by atoms with Crippen LogP contribution in [0, 0.1) is 0 Å². The Bertz CT molecular complexity index is 968. The van der Waals surface area contributed by atoms with Gasteiger partial charge >= 0.3 is 0 Å². The van der Waals surface area contributed by atoms with Crippen LogP contribution in [0.4, 0.5) is 5.69 Å². The van der Waals surface area contributed by atoms with Crippen molar-refractivity contribution in [3.05, 3.63) is 59.7 Å². The van der Waals surface area contributed by atoms with Crippen molar-refractivity contribution in [2.75, 3.05) is 17.7 Å². The summed E-state index contributed by atoms with van der Waals surface area (Å²) in [7, 11) is -3.25. The molecule has 27 heavy (non-hydrogen) atoms. The van der Waals surface area contributed by atoms with Gasteiger partial charge in [0.15, 0.2) is 9.84 Å². The zero-order valence-electron chi connectivity index (χ0n) is 15.3. The SMILES string of the molecule is CC(NC(=O)c1cccc(N2CCCC2=O)c1)c1ccc(S(C)(=O)=O)cc1. The van der Waals surface area contributed by atoms with E-state index in [1.54, 1.807) is 35.2 Å². The van der Waals surface area contributed by atoms with E-state index in [1.807, 2.05) is 13.0 Å². The maximum atomic E-state index is 12.6. The molecule has 1 fully saturated rings. The van der Waals surface area contributed by atoms with Crippen LogP contribution in [0.25, 0.3) is 0 Å². The minimum Gasteiger partial charge on any atom is -0.346 e. The first kappa shape index (κ1) is 19.1. The van der Waals surface area contributed by atoms with Crippen LogP contribution in [-0.4, -0.2) is 33.0 Å². The number of carbonyl (C=O) groups excluding carboxylic acids is 2. The summed E-state index contributed by atoms with van der Waals surface area (Å²) in [6.07, 6.45) is 2.53. The van der Waals surface area contributed by atoms with Crippen LogP contribution in [0.3, 0.4) is 0 Å². The molecule has 0 aliphatic carbocycles. The van der Waals surface area contributed by atoms with Gasteiger partial charge in [-0.05, 0) is 49.2 Å². The summed E-state index contributed by atoms with van der Waals surface area (Å²) >= 11 is 0. The number of carbonyl (C=O) groups is 2. The maximum Gasteiger partial charge on any atom is 0.251 e. The van der Waals surface area contributed by atoms with Gasteiger partial charge in [-0.2, -0.15) is 0 Å². The maximum absolute atomic E-state index is 12.6. The smallest absolute Gasteiger partial charge is 0.251 e. The van der Waals surface area contributed by atoms with Gasteiger partial charge in [0.1, 0.15) is 0 Å². The van der Waals surface area contributed by atoms with Crippen LogP contribution in [-0.2, 0) is 14.6 Å². The van der Waals surface area contributed by atoms with Gasteiger partial charge in [0.25, 0.3) is 5.91 Å². The Morgan fingerprint density at radius 3 is 2.44 bits per heavy atom. The number of hydrogen-bond acceptors (Lipinski definition) is 4. The van der Waals surface area contributed by atoms with Crippen molar-refractivity contribution < 1.29 is 18.0 Å². The van der Waals surface area contributed by atoms with E-state index in [0.717, 1.165) is 23.9 Å². The molecule has 0 radical (unpaired) electrons. The lowest BCUT2D eigenvalue weighted by atomic mass is 10.1. The van der Waals surface area contributed by atoms with Gasteiger partial charge < -0.3 is 10.2 Å². The monoisotopic (exact) mass is 386 g/mol. The molecule has 0 spiro atoms. The molecule has 1 heterocycles. The van der Waals surface area contributed by atoms with E-state index in [4.69, 9.17) is 0 Å². The molecule has 2 amide bonds. The highest BCUT2D eigenvalue weighted by Gasteiger charge is 2.22. The van der Waals surface area contributed by atoms with E-state index in [9.17, 15) is 18.0 Å². The lowest BCUT2D eigenvalue weighted by molar-refractivity contribution is -0.117. The van der Waals surface area contributed by atoms with Gasteiger partial charge in [-0.1, -0.05) is 18.2 Å². The van der Waals surface area contributed by atoms with Crippen LogP contribution < -0.4 is 10.2 Å². The molecular formula is C20H22N2O4S. The first-order valence-electron chi connectivity index (χ1n) is 8.77. The van der Waals surface area contributed by atoms with Crippen LogP contribution in [0.15, 0.2) is 53.4 Å². The van der Waals surface area contributed by atoms with Gasteiger partial charge in [-0.15, -0.1) is 0 Å². The van der Waals surface area contributed by atoms with Gasteiger partial charge in [-0.25, -0.2) is 8.42 Å². The average molecular weight is 386 g/mol. The number of hydrogen-bond donors (Lipinski definition) is 1. The summed E-state index contributed by atoms with van der Waals surface area (Å²) < 4.78 is 23.1. The van der Waals surface area contributed by atoms with Crippen molar-refractivity contribution >= 4 is 27.3 Å². The standard InChI is InChI=1S/C20H22N2O4S/c1-14(15-8-10-18(11-9-15)27(2,25)26)21-20(24)16-5-3-6-17(13-16)22-12-4-7-19(22)23/h3,5-6,8-11,13-14H,4,7,12H2,1-2H3,(H,21,24). The summed E-state index contributed by atoms with van der Waals surface area (Å²) in [5.74, 6) is -0.171. The van der Waals surface area contributed by atoms with Crippen molar-refractivity contribution in [1.82, 2.24) is 5.32 Å². The van der Waals surface area contributed by atoms with Gasteiger partial charge in [-0.3, -0.25) is 9.59 Å². The fourth-order valence-electron chi connectivity index (χ4n) is 3.10. The minimum absolute atomic E-state index is 0.0758. The Labute approximate surface area is 159 Å². The summed E-state index contributed by atoms with van der Waals surface area (Å²) in [5.41, 5.74) is 2.02. The number of amides is 2. The Morgan fingerprint density at radius 2 is 1.85 bits per heavy atom. The number of benzene rings is 2. The number of anilines is 1. The van der Waals surface area contributed by atoms with Crippen LogP contribution in [0.5, 0.6) is 0 Å². The van der Waals surface area contributed by atoms with Crippen LogP contribution in [0.2, 0.25) is 0 Å². The van der Waals surface area contributed by atoms with E-state index in [2.05, 4.69) is 5.32 Å². The van der Waals surface area contributed by atoms with E-state index in [1.165, 1.54) is 12.1 Å². The summed E-state index contributed by atoms with van der Waals surface area (Å²) in [6, 6.07) is 13.2. The summed E-state index contributed by atoms with van der Waals surface area (Å²) in [6.45, 7) is 2.51. The number of nitrogens with one attached hydrogen (secondary N) is 1. The molecule has 1 atom stereocenters. The highest BCUT2D eigenvalue weighted by molar-refractivity contribution is 7.90. The van der Waals surface area contributed by atoms with E-state index in [0.29, 0.717) is 18.5 Å². The minimum atomic E-state index is -3.25. The highest BCUT2D eigenvalue weighted by Crippen LogP contribution is 2.23. The molecule has 7 heteroatoms. The van der Waals surface area contributed by atoms with Crippen molar-refractivity contribution in [1.29, 1.82) is 0 Å². The van der Waals surface area contributed by atoms with Crippen LogP contribution in [0.1, 0.15) is 41.7 Å². The Morgan fingerprint density at radius 1 is 1.15 bits per heavy atom. The highest BCUT2D eigenvalue weighted by atomic mass is 32.2. The Kier molecular flexibility index (Phi) is 5.32. The van der Waals surface area contributed by atoms with E-state index in [-0.39, 0.29) is 22.8 Å². The molecule has 3 rings (SSSR count). The zero-order valence-corrected chi connectivity index (χ0v) is 16.1. The Hall–Kier alpha value is -2.67. The van der Waals surface area contributed by atoms with Gasteiger partial charge in [0, 0.05) is 30.5 Å². The lowest BCUT2D eigenvalue weighted by Crippen LogP contribution is -2.28. The van der Waals surface area contributed by atoms with Crippen molar-refractivity contribution in [3.8, 4) is 0 Å². The molecular weight excluding hydrogens is 364 g/mol. The van der Waals surface area contributed by atoms with E-state index >= 15 is 0 Å². The molecule has 2 aromatic carbocycles. The average Bonchev–Trinajstić information content (AvgIpc) is 3.07. The second-order valence-corrected chi connectivity index (χ2v) is 8.75. The van der Waals surface area contributed by atoms with Crippen molar-refractivity contribution in [3.63, 3.8) is 0 Å². The molecule has 1 aliphatic rings. The number of sulfone groups is 1. The van der Waals surface area contributed by atoms with Crippen molar-refractivity contribution in [2.24, 2.45) is 0 Å². The quantitative estimate of drug-likeness (QED) is 0.856. The first-order valence-corrected chi connectivity index (χ1v) is 10.7. The molecule has 0 bridgehead atoms. The summed E-state index contributed by atoms with van der Waals surface area (Å²) in [4.78, 5) is 26.4. The predicted molar refractivity (Wildman–Crippen MR) is 103 cm³/mol. The van der Waals surface area contributed by atoms with E-state index < -0.39 is 9.84 Å². The predicted octanol–water partition coefficient (Wildman–Crippen LogP) is 2.71. The van der Waals surface area contributed by atoms with Crippen molar-refractivity contribution in [2.45, 2.75) is 30.7 Å². The normalized spacial score (nSPS) is 15.6. The fourth-order valence-corrected chi connectivity index (χ4v) is 3.73. The number of rotatable bonds is 5. The first-order chi connectivity index (χ1) is 12.8. The third kappa shape index (κ3) is 4.36. The van der Waals surface area contributed by atoms with Gasteiger partial charge in [0.2, 0.25) is 5.91 Å². The third-order valence-corrected chi connectivity index (χ3v) is 5.78. The summed E-state index contributed by atoms with van der Waals surface area (Å²) in [5, 5.41) is 2.91. The molecule has 1 saturated heterocycles. The third-order valence-electron chi connectivity index (χ3n) is 4.65.